The van der Waals surface area contributed by atoms with Crippen molar-refractivity contribution < 1.29 is 4.79 Å². The van der Waals surface area contributed by atoms with Gasteiger partial charge >= 0.3 is 0 Å². The number of hydrogen-bond acceptors (Lipinski definition) is 3. The van der Waals surface area contributed by atoms with Crippen molar-refractivity contribution in [1.29, 1.82) is 0 Å². The Bertz CT molecular complexity index is 601. The molecular formula is C16H22N4O. The number of benzene rings is 1. The molecule has 1 aromatic carbocycles. The summed E-state index contributed by atoms with van der Waals surface area (Å²) in [5, 5.41) is 4.02. The van der Waals surface area contributed by atoms with E-state index in [9.17, 15) is 4.79 Å². The maximum atomic E-state index is 12.1. The van der Waals surface area contributed by atoms with Crippen molar-refractivity contribution in [2.45, 2.75) is 32.9 Å². The smallest absolute Gasteiger partial charge is 0.244 e. The first-order valence-corrected chi connectivity index (χ1v) is 7.07. The molecule has 5 nitrogen and oxygen atoms in total. The summed E-state index contributed by atoms with van der Waals surface area (Å²) in [6, 6.07) is 10.1. The first-order chi connectivity index (χ1) is 9.95. The Morgan fingerprint density at radius 3 is 2.48 bits per heavy atom. The number of nitrogens with two attached hydrogens (primary N) is 1. The fourth-order valence-electron chi connectivity index (χ4n) is 2.09. The van der Waals surface area contributed by atoms with Gasteiger partial charge in [-0.25, -0.2) is 0 Å². The first-order valence-electron chi connectivity index (χ1n) is 7.07. The van der Waals surface area contributed by atoms with E-state index in [1.54, 1.807) is 28.9 Å². The largest absolute Gasteiger partial charge is 0.382 e. The third kappa shape index (κ3) is 4.08. The van der Waals surface area contributed by atoms with E-state index in [1.807, 2.05) is 0 Å². The van der Waals surface area contributed by atoms with Gasteiger partial charge in [0, 0.05) is 19.8 Å². The summed E-state index contributed by atoms with van der Waals surface area (Å²) in [5.74, 6) is 0.949. The highest BCUT2D eigenvalue weighted by molar-refractivity contribution is 5.75. The Hall–Kier alpha value is -2.30. The fourth-order valence-corrected chi connectivity index (χ4v) is 2.09. The van der Waals surface area contributed by atoms with Gasteiger partial charge in [0.25, 0.3) is 0 Å². The minimum Gasteiger partial charge on any atom is -0.382 e. The van der Waals surface area contributed by atoms with Crippen LogP contribution in [0.5, 0.6) is 0 Å². The van der Waals surface area contributed by atoms with Crippen LogP contribution in [0.2, 0.25) is 0 Å². The van der Waals surface area contributed by atoms with Crippen molar-refractivity contribution in [2.24, 2.45) is 0 Å². The second-order valence-electron chi connectivity index (χ2n) is 5.58. The zero-order valence-corrected chi connectivity index (χ0v) is 12.8. The van der Waals surface area contributed by atoms with E-state index >= 15 is 0 Å². The van der Waals surface area contributed by atoms with Crippen molar-refractivity contribution in [3.8, 4) is 0 Å². The Labute approximate surface area is 125 Å². The van der Waals surface area contributed by atoms with E-state index in [0.717, 1.165) is 5.56 Å². The van der Waals surface area contributed by atoms with E-state index in [1.165, 1.54) is 5.56 Å². The Morgan fingerprint density at radius 1 is 1.29 bits per heavy atom. The average Bonchev–Trinajstić information content (AvgIpc) is 2.84. The first kappa shape index (κ1) is 15.1. The molecule has 0 saturated heterocycles. The normalized spacial score (nSPS) is 10.9. The molecule has 112 valence electrons. The molecule has 0 unspecified atom stereocenters. The van der Waals surface area contributed by atoms with Crippen molar-refractivity contribution in [3.63, 3.8) is 0 Å². The topological polar surface area (TPSA) is 64.2 Å². The predicted octanol–water partition coefficient (Wildman–Crippen LogP) is 2.25. The monoisotopic (exact) mass is 286 g/mol. The molecule has 0 radical (unpaired) electrons. The fraction of sp³-hybridized carbons (Fsp3) is 0.375. The lowest BCUT2D eigenvalue weighted by Gasteiger charge is -2.17. The summed E-state index contributed by atoms with van der Waals surface area (Å²) in [6.07, 6.45) is 1.71. The highest BCUT2D eigenvalue weighted by atomic mass is 16.2. The van der Waals surface area contributed by atoms with Crippen molar-refractivity contribution >= 4 is 11.7 Å². The molecule has 0 saturated carbocycles. The molecule has 21 heavy (non-hydrogen) atoms. The van der Waals surface area contributed by atoms with Gasteiger partial charge in [-0.3, -0.25) is 9.48 Å². The molecule has 1 amide bonds. The number of amides is 1. The standard InChI is InChI=1S/C16H22N4O/c1-12(2)14-6-4-13(5-7-14)10-19(3)16(21)11-20-9-8-15(17)18-20/h4-9,12H,10-11H2,1-3H3,(H2,17,18). The highest BCUT2D eigenvalue weighted by Gasteiger charge is 2.11. The van der Waals surface area contributed by atoms with Gasteiger partial charge in [-0.05, 0) is 23.1 Å². The van der Waals surface area contributed by atoms with Crippen LogP contribution in [0.4, 0.5) is 5.82 Å². The quantitative estimate of drug-likeness (QED) is 0.917. The maximum absolute atomic E-state index is 12.1. The van der Waals surface area contributed by atoms with Gasteiger partial charge < -0.3 is 10.6 Å². The van der Waals surface area contributed by atoms with E-state index in [0.29, 0.717) is 18.3 Å². The van der Waals surface area contributed by atoms with Crippen LogP contribution in [0.15, 0.2) is 36.5 Å². The van der Waals surface area contributed by atoms with Crippen LogP contribution >= 0.6 is 0 Å². The van der Waals surface area contributed by atoms with Gasteiger partial charge in [-0.2, -0.15) is 5.10 Å². The van der Waals surface area contributed by atoms with Gasteiger partial charge in [-0.1, -0.05) is 38.1 Å². The molecule has 0 fully saturated rings. The summed E-state index contributed by atoms with van der Waals surface area (Å²) in [6.45, 7) is 5.13. The highest BCUT2D eigenvalue weighted by Crippen LogP contribution is 2.15. The lowest BCUT2D eigenvalue weighted by molar-refractivity contribution is -0.131. The number of hydrogen-bond donors (Lipinski definition) is 1. The third-order valence-electron chi connectivity index (χ3n) is 3.45. The molecular weight excluding hydrogens is 264 g/mol. The molecule has 0 atom stereocenters. The molecule has 1 aromatic heterocycles. The van der Waals surface area contributed by atoms with Crippen LogP contribution in [-0.4, -0.2) is 27.6 Å². The second kappa shape index (κ2) is 6.43. The number of anilines is 1. The van der Waals surface area contributed by atoms with Crippen LogP contribution < -0.4 is 5.73 Å². The minimum atomic E-state index is 0.00559. The number of rotatable bonds is 5. The number of nitrogens with zero attached hydrogens (tertiary/aromatic N) is 3. The zero-order valence-electron chi connectivity index (χ0n) is 12.8. The van der Waals surface area contributed by atoms with Gasteiger partial charge in [-0.15, -0.1) is 0 Å². The van der Waals surface area contributed by atoms with Crippen LogP contribution in [0, 0.1) is 0 Å². The summed E-state index contributed by atoms with van der Waals surface area (Å²) in [4.78, 5) is 13.8. The molecule has 0 aliphatic rings. The van der Waals surface area contributed by atoms with Gasteiger partial charge in [0.1, 0.15) is 12.4 Å². The number of carbonyl (C=O) groups is 1. The van der Waals surface area contributed by atoms with Crippen molar-refractivity contribution in [3.05, 3.63) is 47.7 Å². The third-order valence-corrected chi connectivity index (χ3v) is 3.45. The lowest BCUT2D eigenvalue weighted by Crippen LogP contribution is -2.30. The van der Waals surface area contributed by atoms with E-state index < -0.39 is 0 Å². The summed E-state index contributed by atoms with van der Waals surface area (Å²) in [5.41, 5.74) is 7.96. The number of carbonyl (C=O) groups excluding carboxylic acids is 1. The molecule has 5 heteroatoms. The van der Waals surface area contributed by atoms with E-state index in [4.69, 9.17) is 5.73 Å². The van der Waals surface area contributed by atoms with Crippen LogP contribution in [0.3, 0.4) is 0 Å². The van der Waals surface area contributed by atoms with E-state index in [2.05, 4.69) is 43.2 Å². The molecule has 1 heterocycles. The molecule has 0 aliphatic heterocycles. The van der Waals surface area contributed by atoms with Crippen LogP contribution in [0.1, 0.15) is 30.9 Å². The van der Waals surface area contributed by atoms with Crippen molar-refractivity contribution in [2.75, 3.05) is 12.8 Å². The molecule has 0 aliphatic carbocycles. The molecule has 2 N–H and O–H groups in total. The predicted molar refractivity (Wildman–Crippen MR) is 83.6 cm³/mol. The zero-order chi connectivity index (χ0) is 15.4. The number of likely N-dealkylation sites (N-methyl/N-ethyl adjacent to an activating group) is 1. The Balaban J connectivity index is 1.93. The van der Waals surface area contributed by atoms with E-state index in [-0.39, 0.29) is 12.5 Å². The Morgan fingerprint density at radius 2 is 1.95 bits per heavy atom. The van der Waals surface area contributed by atoms with Gasteiger partial charge in [0.05, 0.1) is 0 Å². The van der Waals surface area contributed by atoms with Gasteiger partial charge in [0.15, 0.2) is 0 Å². The summed E-state index contributed by atoms with van der Waals surface area (Å²) >= 11 is 0. The molecule has 0 bridgehead atoms. The SMILES string of the molecule is CC(C)c1ccc(CN(C)C(=O)Cn2ccc(N)n2)cc1. The van der Waals surface area contributed by atoms with Crippen LogP contribution in [-0.2, 0) is 17.9 Å². The molecule has 0 spiro atoms. The van der Waals surface area contributed by atoms with Crippen LogP contribution in [0.25, 0.3) is 0 Å². The van der Waals surface area contributed by atoms with Gasteiger partial charge in [0.2, 0.25) is 5.91 Å². The molecule has 2 aromatic rings. The Kier molecular flexibility index (Phi) is 4.62. The average molecular weight is 286 g/mol. The number of nitrogen functional groups attached to an aromatic ring is 1. The number of aromatic nitrogens is 2. The second-order valence-corrected chi connectivity index (χ2v) is 5.58. The lowest BCUT2D eigenvalue weighted by atomic mass is 10.0. The van der Waals surface area contributed by atoms with Crippen molar-refractivity contribution in [1.82, 2.24) is 14.7 Å². The maximum Gasteiger partial charge on any atom is 0.244 e. The summed E-state index contributed by atoms with van der Waals surface area (Å²) in [7, 11) is 1.80. The minimum absolute atomic E-state index is 0.00559. The summed E-state index contributed by atoms with van der Waals surface area (Å²) < 4.78 is 1.55. The molecule has 2 rings (SSSR count).